The molecule has 3 nitrogen and oxygen atoms in total. The summed E-state index contributed by atoms with van der Waals surface area (Å²) < 4.78 is 8.12. The van der Waals surface area contributed by atoms with Gasteiger partial charge in [0.05, 0.1) is 5.56 Å². The van der Waals surface area contributed by atoms with Gasteiger partial charge in [0.15, 0.2) is 0 Å². The van der Waals surface area contributed by atoms with E-state index in [1.165, 1.54) is 0 Å². The molecule has 0 spiro atoms. The van der Waals surface area contributed by atoms with Crippen LogP contribution in [0, 0.1) is 0 Å². The van der Waals surface area contributed by atoms with Crippen LogP contribution in [0.3, 0.4) is 0 Å². The van der Waals surface area contributed by atoms with Crippen LogP contribution in [0.1, 0.15) is 0 Å². The Balaban J connectivity index is 2.19. The van der Waals surface area contributed by atoms with E-state index < -0.39 is 0 Å². The van der Waals surface area contributed by atoms with Crippen LogP contribution < -0.4 is 5.73 Å². The summed E-state index contributed by atoms with van der Waals surface area (Å²) in [6, 6.07) is 13.8. The third-order valence-corrected chi connectivity index (χ3v) is 4.72. The summed E-state index contributed by atoms with van der Waals surface area (Å²) in [5, 5.41) is 4.12. The number of hydrogen-bond donors (Lipinski definition) is 1. The lowest BCUT2D eigenvalue weighted by Crippen LogP contribution is -1.88. The molecule has 0 saturated heterocycles. The van der Waals surface area contributed by atoms with Gasteiger partial charge in [-0.15, -0.1) is 0 Å². The molecule has 3 aromatic rings. The van der Waals surface area contributed by atoms with Crippen molar-refractivity contribution in [2.24, 2.45) is 0 Å². The van der Waals surface area contributed by atoms with Gasteiger partial charge in [0.2, 0.25) is 5.88 Å². The van der Waals surface area contributed by atoms with E-state index in [9.17, 15) is 0 Å². The normalized spacial score (nSPS) is 10.8. The van der Waals surface area contributed by atoms with Crippen molar-refractivity contribution in [3.63, 3.8) is 0 Å². The van der Waals surface area contributed by atoms with Crippen LogP contribution in [0.25, 0.3) is 22.4 Å². The number of rotatable bonds is 2. The first-order valence-electron chi connectivity index (χ1n) is 6.03. The lowest BCUT2D eigenvalue weighted by Gasteiger charge is -2.05. The number of anilines is 1. The number of aromatic nitrogens is 1. The van der Waals surface area contributed by atoms with Crippen molar-refractivity contribution in [3.8, 4) is 22.4 Å². The molecule has 0 aliphatic carbocycles. The zero-order valence-corrected chi connectivity index (χ0v) is 15.4. The predicted molar refractivity (Wildman–Crippen MR) is 94.9 cm³/mol. The second-order valence-corrected chi connectivity index (χ2v) is 7.09. The van der Waals surface area contributed by atoms with Crippen molar-refractivity contribution in [2.75, 3.05) is 5.73 Å². The highest BCUT2D eigenvalue weighted by Crippen LogP contribution is 2.40. The van der Waals surface area contributed by atoms with Crippen molar-refractivity contribution >= 4 is 53.7 Å². The van der Waals surface area contributed by atoms with Gasteiger partial charge in [-0.25, -0.2) is 0 Å². The molecule has 21 heavy (non-hydrogen) atoms. The monoisotopic (exact) mass is 470 g/mol. The summed E-state index contributed by atoms with van der Waals surface area (Å²) in [4.78, 5) is 0. The van der Waals surface area contributed by atoms with Gasteiger partial charge in [-0.3, -0.25) is 0 Å². The van der Waals surface area contributed by atoms with Crippen molar-refractivity contribution in [3.05, 3.63) is 55.9 Å². The number of hydrogen-bond acceptors (Lipinski definition) is 3. The van der Waals surface area contributed by atoms with Crippen LogP contribution in [0.5, 0.6) is 0 Å². The highest BCUT2D eigenvalue weighted by molar-refractivity contribution is 9.11. The molecule has 0 unspecified atom stereocenters. The molecule has 0 aliphatic rings. The molecule has 0 atom stereocenters. The Morgan fingerprint density at radius 3 is 2.24 bits per heavy atom. The van der Waals surface area contributed by atoms with E-state index >= 15 is 0 Å². The summed E-state index contributed by atoms with van der Waals surface area (Å²) >= 11 is 10.4. The maximum absolute atomic E-state index is 5.96. The van der Waals surface area contributed by atoms with Gasteiger partial charge >= 0.3 is 0 Å². The van der Waals surface area contributed by atoms with Crippen molar-refractivity contribution in [1.29, 1.82) is 0 Å². The van der Waals surface area contributed by atoms with Crippen LogP contribution >= 0.6 is 47.8 Å². The lowest BCUT2D eigenvalue weighted by atomic mass is 10.0. The lowest BCUT2D eigenvalue weighted by molar-refractivity contribution is 0.439. The maximum Gasteiger partial charge on any atom is 0.230 e. The Morgan fingerprint density at radius 1 is 0.905 bits per heavy atom. The van der Waals surface area contributed by atoms with Crippen molar-refractivity contribution in [2.45, 2.75) is 0 Å². The van der Waals surface area contributed by atoms with Gasteiger partial charge in [0.25, 0.3) is 0 Å². The van der Waals surface area contributed by atoms with Gasteiger partial charge in [0.1, 0.15) is 5.69 Å². The average Bonchev–Trinajstić information content (AvgIpc) is 2.82. The Bertz CT molecular complexity index is 797. The highest BCUT2D eigenvalue weighted by Gasteiger charge is 2.19. The number of halogens is 3. The van der Waals surface area contributed by atoms with Gasteiger partial charge in [0, 0.05) is 19.0 Å². The van der Waals surface area contributed by atoms with E-state index in [0.29, 0.717) is 11.6 Å². The first-order chi connectivity index (χ1) is 10.1. The molecule has 6 heteroatoms. The number of nitrogen functional groups attached to an aromatic ring is 1. The summed E-state index contributed by atoms with van der Waals surface area (Å²) in [6.45, 7) is 0. The molecule has 0 saturated carbocycles. The van der Waals surface area contributed by atoms with E-state index in [0.717, 1.165) is 30.1 Å². The molecule has 0 amide bonds. The predicted octanol–water partition coefficient (Wildman–Crippen LogP) is 5.88. The van der Waals surface area contributed by atoms with Crippen LogP contribution in [-0.2, 0) is 0 Å². The van der Waals surface area contributed by atoms with E-state index in [2.05, 4.69) is 52.9 Å². The topological polar surface area (TPSA) is 52.0 Å². The molecule has 106 valence electrons. The van der Waals surface area contributed by atoms with Crippen LogP contribution in [0.2, 0.25) is 0 Å². The quantitative estimate of drug-likeness (QED) is 0.507. The Morgan fingerprint density at radius 2 is 1.57 bits per heavy atom. The molecular weight excluding hydrogens is 464 g/mol. The second kappa shape index (κ2) is 5.94. The zero-order valence-electron chi connectivity index (χ0n) is 10.6. The van der Waals surface area contributed by atoms with E-state index in [4.69, 9.17) is 10.3 Å². The molecule has 0 aliphatic heterocycles. The number of benzene rings is 2. The summed E-state index contributed by atoms with van der Waals surface area (Å²) in [6.07, 6.45) is 0. The van der Waals surface area contributed by atoms with Crippen LogP contribution in [-0.4, -0.2) is 5.16 Å². The largest absolute Gasteiger partial charge is 0.367 e. The molecule has 2 aromatic carbocycles. The standard InChI is InChI=1S/C15H9Br3N2O/c16-9-3-1-8(2-4-9)13-14(20-21-15(13)19)11-6-5-10(17)7-12(11)18/h1-7H,19H2. The third-order valence-electron chi connectivity index (χ3n) is 3.04. The SMILES string of the molecule is Nc1onc(-c2ccc(Br)cc2Br)c1-c1ccc(Br)cc1. The molecular formula is C15H9Br3N2O. The van der Waals surface area contributed by atoms with Gasteiger partial charge in [-0.05, 0) is 29.8 Å². The minimum absolute atomic E-state index is 0.308. The van der Waals surface area contributed by atoms with Crippen molar-refractivity contribution < 1.29 is 4.52 Å². The Labute approximate surface area is 146 Å². The third kappa shape index (κ3) is 2.93. The first-order valence-corrected chi connectivity index (χ1v) is 8.40. The summed E-state index contributed by atoms with van der Waals surface area (Å²) in [7, 11) is 0. The van der Waals surface area contributed by atoms with Gasteiger partial charge in [-0.2, -0.15) is 0 Å². The van der Waals surface area contributed by atoms with E-state index in [1.807, 2.05) is 42.5 Å². The minimum Gasteiger partial charge on any atom is -0.367 e. The maximum atomic E-state index is 5.96. The zero-order chi connectivity index (χ0) is 15.0. The van der Waals surface area contributed by atoms with Crippen molar-refractivity contribution in [1.82, 2.24) is 5.16 Å². The molecule has 3 rings (SSSR count). The molecule has 0 bridgehead atoms. The molecule has 1 heterocycles. The molecule has 0 radical (unpaired) electrons. The fourth-order valence-corrected chi connectivity index (χ4v) is 3.56. The molecule has 2 N–H and O–H groups in total. The van der Waals surface area contributed by atoms with Crippen LogP contribution in [0.4, 0.5) is 5.88 Å². The fraction of sp³-hybridized carbons (Fsp3) is 0. The van der Waals surface area contributed by atoms with Crippen LogP contribution in [0.15, 0.2) is 60.4 Å². The smallest absolute Gasteiger partial charge is 0.230 e. The number of nitrogens with zero attached hydrogens (tertiary/aromatic N) is 1. The Hall–Kier alpha value is -1.11. The van der Waals surface area contributed by atoms with Gasteiger partial charge in [-0.1, -0.05) is 71.1 Å². The number of nitrogens with two attached hydrogens (primary N) is 1. The molecule has 0 fully saturated rings. The summed E-state index contributed by atoms with van der Waals surface area (Å²) in [5.41, 5.74) is 9.36. The van der Waals surface area contributed by atoms with E-state index in [1.54, 1.807) is 0 Å². The van der Waals surface area contributed by atoms with Gasteiger partial charge < -0.3 is 10.3 Å². The van der Waals surface area contributed by atoms with E-state index in [-0.39, 0.29) is 0 Å². The average molecular weight is 473 g/mol. The highest BCUT2D eigenvalue weighted by atomic mass is 79.9. The fourth-order valence-electron chi connectivity index (χ4n) is 2.06. The Kier molecular flexibility index (Phi) is 4.19. The summed E-state index contributed by atoms with van der Waals surface area (Å²) in [5.74, 6) is 0.308. The first kappa shape index (κ1) is 14.8. The second-order valence-electron chi connectivity index (χ2n) is 4.40. The molecule has 1 aromatic heterocycles. The minimum atomic E-state index is 0.308.